The molecule has 1 N–H and O–H groups in total. The number of hydrogen-bond donors (Lipinski definition) is 1. The van der Waals surface area contributed by atoms with Gasteiger partial charge in [-0.1, -0.05) is 18.2 Å². The van der Waals surface area contributed by atoms with Crippen LogP contribution in [0.25, 0.3) is 0 Å². The molecule has 4 rings (SSSR count). The third-order valence-electron chi connectivity index (χ3n) is 7.08. The van der Waals surface area contributed by atoms with Crippen LogP contribution in [0, 0.1) is 0 Å². The molecule has 2 aliphatic rings. The van der Waals surface area contributed by atoms with Crippen LogP contribution in [0.4, 0.5) is 41.6 Å². The number of carbonyl (C=O) groups excluding carboxylic acids is 3. The second-order valence-corrected chi connectivity index (χ2v) is 9.76. The van der Waals surface area contributed by atoms with E-state index in [-0.39, 0.29) is 31.2 Å². The Labute approximate surface area is 231 Å². The van der Waals surface area contributed by atoms with Gasteiger partial charge in [-0.15, -0.1) is 0 Å². The number of methoxy groups -OCH3 is 1. The van der Waals surface area contributed by atoms with Crippen molar-refractivity contribution >= 4 is 23.8 Å². The van der Waals surface area contributed by atoms with E-state index in [1.54, 1.807) is 4.90 Å². The molecule has 8 nitrogen and oxygen atoms in total. The number of fused-ring (bicyclic) bond motifs is 1. The SMILES string of the molecule is COC(=O)[C@@H](Cc1cc(C(F)(F)F)cc(C(F)(F)F)c1)OC(=O)N1CCC(N2CCc3ccccc3NC2=O)CC1. The Kier molecular flexibility index (Phi) is 8.69. The van der Waals surface area contributed by atoms with Crippen molar-refractivity contribution in [3.63, 3.8) is 0 Å². The van der Waals surface area contributed by atoms with Gasteiger partial charge < -0.3 is 24.6 Å². The average molecular weight is 588 g/mol. The Morgan fingerprint density at radius 1 is 0.976 bits per heavy atom. The van der Waals surface area contributed by atoms with Crippen molar-refractivity contribution in [2.24, 2.45) is 0 Å². The van der Waals surface area contributed by atoms with E-state index in [2.05, 4.69) is 10.1 Å². The maximum atomic E-state index is 13.3. The summed E-state index contributed by atoms with van der Waals surface area (Å²) >= 11 is 0. The Morgan fingerprint density at radius 3 is 2.17 bits per heavy atom. The van der Waals surface area contributed by atoms with E-state index in [1.165, 1.54) is 4.90 Å². The predicted molar refractivity (Wildman–Crippen MR) is 133 cm³/mol. The number of amides is 3. The number of urea groups is 1. The maximum absolute atomic E-state index is 13.3. The molecule has 2 aliphatic heterocycles. The molecule has 2 aromatic rings. The lowest BCUT2D eigenvalue weighted by Gasteiger charge is -2.37. The molecule has 0 saturated carbocycles. The van der Waals surface area contributed by atoms with Gasteiger partial charge in [-0.25, -0.2) is 14.4 Å². The smallest absolute Gasteiger partial charge is 0.416 e. The summed E-state index contributed by atoms with van der Waals surface area (Å²) in [7, 11) is 0.951. The summed E-state index contributed by atoms with van der Waals surface area (Å²) in [6.45, 7) is 0.769. The maximum Gasteiger partial charge on any atom is 0.416 e. The van der Waals surface area contributed by atoms with Gasteiger partial charge in [0, 0.05) is 37.8 Å². The highest BCUT2D eigenvalue weighted by Gasteiger charge is 2.38. The quantitative estimate of drug-likeness (QED) is 0.369. The number of esters is 1. The topological polar surface area (TPSA) is 88.2 Å². The molecular weight excluding hydrogens is 560 g/mol. The van der Waals surface area contributed by atoms with Crippen molar-refractivity contribution in [3.8, 4) is 0 Å². The summed E-state index contributed by atoms with van der Waals surface area (Å²) in [5, 5.41) is 2.89. The van der Waals surface area contributed by atoms with E-state index in [9.17, 15) is 40.7 Å². The molecule has 222 valence electrons. The fraction of sp³-hybridized carbons (Fsp3) is 0.444. The van der Waals surface area contributed by atoms with Crippen LogP contribution in [0.5, 0.6) is 0 Å². The van der Waals surface area contributed by atoms with E-state index in [4.69, 9.17) is 4.74 Å². The number of nitrogens with zero attached hydrogens (tertiary/aromatic N) is 2. The van der Waals surface area contributed by atoms with Crippen LogP contribution in [-0.2, 0) is 39.5 Å². The first-order valence-electron chi connectivity index (χ1n) is 12.7. The highest BCUT2D eigenvalue weighted by Crippen LogP contribution is 2.36. The molecule has 0 radical (unpaired) electrons. The van der Waals surface area contributed by atoms with Crippen LogP contribution >= 0.6 is 0 Å². The summed E-state index contributed by atoms with van der Waals surface area (Å²) in [6, 6.07) is 7.91. The zero-order chi connectivity index (χ0) is 29.9. The number of likely N-dealkylation sites (tertiary alicyclic amines) is 1. The van der Waals surface area contributed by atoms with Crippen LogP contribution in [0.15, 0.2) is 42.5 Å². The molecule has 0 bridgehead atoms. The van der Waals surface area contributed by atoms with E-state index in [0.717, 1.165) is 18.4 Å². The monoisotopic (exact) mass is 587 g/mol. The van der Waals surface area contributed by atoms with Crippen LogP contribution < -0.4 is 5.32 Å². The zero-order valence-corrected chi connectivity index (χ0v) is 21.8. The minimum Gasteiger partial charge on any atom is -0.466 e. The van der Waals surface area contributed by atoms with Crippen molar-refractivity contribution < 1.29 is 50.2 Å². The van der Waals surface area contributed by atoms with Crippen molar-refractivity contribution in [2.45, 2.75) is 50.2 Å². The molecule has 0 aliphatic carbocycles. The summed E-state index contributed by atoms with van der Waals surface area (Å²) in [5.74, 6) is -1.14. The number of rotatable bonds is 5. The van der Waals surface area contributed by atoms with Crippen LogP contribution in [0.3, 0.4) is 0 Å². The van der Waals surface area contributed by atoms with Crippen molar-refractivity contribution in [3.05, 3.63) is 64.7 Å². The highest BCUT2D eigenvalue weighted by molar-refractivity contribution is 5.91. The van der Waals surface area contributed by atoms with Gasteiger partial charge in [0.25, 0.3) is 0 Å². The van der Waals surface area contributed by atoms with E-state index in [0.29, 0.717) is 37.9 Å². The number of benzene rings is 2. The van der Waals surface area contributed by atoms with Gasteiger partial charge in [-0.2, -0.15) is 26.3 Å². The van der Waals surface area contributed by atoms with E-state index >= 15 is 0 Å². The standard InChI is InChI=1S/C27H27F6N3O5/c1-40-23(37)22(14-16-12-18(26(28,29)30)15-19(13-16)27(31,32)33)41-25(39)35-9-7-20(8-10-35)36-11-6-17-4-2-3-5-21(17)34-24(36)38/h2-5,12-13,15,20,22H,6-11,14H2,1H3,(H,34,38)/t22-/m1/s1. The molecular formula is C27H27F6N3O5. The number of ether oxygens (including phenoxy) is 2. The molecule has 0 spiro atoms. The Bertz CT molecular complexity index is 1260. The van der Waals surface area contributed by atoms with E-state index in [1.807, 2.05) is 24.3 Å². The van der Waals surface area contributed by atoms with Gasteiger partial charge in [0.1, 0.15) is 0 Å². The number of carbonyl (C=O) groups is 3. The number of para-hydroxylation sites is 1. The molecule has 0 aromatic heterocycles. The summed E-state index contributed by atoms with van der Waals surface area (Å²) < 4.78 is 89.3. The van der Waals surface area contributed by atoms with Crippen LogP contribution in [-0.4, -0.2) is 66.8 Å². The molecule has 2 heterocycles. The van der Waals surface area contributed by atoms with Gasteiger partial charge in [-0.3, -0.25) is 0 Å². The molecule has 3 amide bonds. The summed E-state index contributed by atoms with van der Waals surface area (Å²) in [6.07, 6.45) is -12.3. The molecule has 1 saturated heterocycles. The zero-order valence-electron chi connectivity index (χ0n) is 21.8. The predicted octanol–water partition coefficient (Wildman–Crippen LogP) is 5.50. The third kappa shape index (κ3) is 7.22. The Balaban J connectivity index is 1.41. The van der Waals surface area contributed by atoms with Gasteiger partial charge in [0.15, 0.2) is 0 Å². The number of nitrogens with one attached hydrogen (secondary N) is 1. The number of piperidine rings is 1. The summed E-state index contributed by atoms with van der Waals surface area (Å²) in [5.41, 5.74) is -1.89. The number of anilines is 1. The van der Waals surface area contributed by atoms with Crippen LogP contribution in [0.2, 0.25) is 0 Å². The van der Waals surface area contributed by atoms with Gasteiger partial charge in [-0.05, 0) is 54.7 Å². The average Bonchev–Trinajstić information content (AvgIpc) is 3.09. The highest BCUT2D eigenvalue weighted by atomic mass is 19.4. The molecule has 41 heavy (non-hydrogen) atoms. The Hall–Kier alpha value is -3.97. The number of halogens is 6. The second kappa shape index (κ2) is 11.9. The minimum absolute atomic E-state index is 0.0317. The lowest BCUT2D eigenvalue weighted by atomic mass is 10.0. The molecule has 0 unspecified atom stereocenters. The van der Waals surface area contributed by atoms with Crippen molar-refractivity contribution in [1.29, 1.82) is 0 Å². The second-order valence-electron chi connectivity index (χ2n) is 9.76. The normalized spacial score (nSPS) is 17.3. The third-order valence-corrected chi connectivity index (χ3v) is 7.08. The van der Waals surface area contributed by atoms with Crippen LogP contribution in [0.1, 0.15) is 35.1 Å². The minimum atomic E-state index is -5.08. The Morgan fingerprint density at radius 2 is 1.59 bits per heavy atom. The largest absolute Gasteiger partial charge is 0.466 e. The molecule has 2 aromatic carbocycles. The number of alkyl halides is 6. The molecule has 1 fully saturated rings. The van der Waals surface area contributed by atoms with Gasteiger partial charge in [0.2, 0.25) is 6.10 Å². The van der Waals surface area contributed by atoms with Crippen molar-refractivity contribution in [1.82, 2.24) is 9.80 Å². The van der Waals surface area contributed by atoms with E-state index < -0.39 is 53.6 Å². The first-order valence-corrected chi connectivity index (χ1v) is 12.7. The van der Waals surface area contributed by atoms with Gasteiger partial charge >= 0.3 is 30.4 Å². The lowest BCUT2D eigenvalue weighted by Crippen LogP contribution is -2.50. The first kappa shape index (κ1) is 30.0. The molecule has 1 atom stereocenters. The first-order chi connectivity index (χ1) is 19.3. The number of hydrogen-bond acceptors (Lipinski definition) is 5. The summed E-state index contributed by atoms with van der Waals surface area (Å²) in [4.78, 5) is 40.9. The molecule has 14 heteroatoms. The fourth-order valence-electron chi connectivity index (χ4n) is 4.95. The van der Waals surface area contributed by atoms with Crippen molar-refractivity contribution in [2.75, 3.05) is 32.1 Å². The van der Waals surface area contributed by atoms with Gasteiger partial charge in [0.05, 0.1) is 18.2 Å². The fourth-order valence-corrected chi connectivity index (χ4v) is 4.95. The lowest BCUT2D eigenvalue weighted by molar-refractivity contribution is -0.151.